The lowest BCUT2D eigenvalue weighted by Gasteiger charge is -2.30. The van der Waals surface area contributed by atoms with Crippen LogP contribution in [0.5, 0.6) is 0 Å². The Morgan fingerprint density at radius 2 is 2.10 bits per heavy atom. The molecule has 2 aliphatic rings. The zero-order valence-corrected chi connectivity index (χ0v) is 23.1. The summed E-state index contributed by atoms with van der Waals surface area (Å²) in [6.07, 6.45) is 1.27. The maximum absolute atomic E-state index is 14.5. The van der Waals surface area contributed by atoms with Crippen molar-refractivity contribution in [2.45, 2.75) is 43.9 Å². The van der Waals surface area contributed by atoms with Gasteiger partial charge in [-0.2, -0.15) is 21.9 Å². The molecule has 0 amide bonds. The first kappa shape index (κ1) is 28.9. The summed E-state index contributed by atoms with van der Waals surface area (Å²) in [4.78, 5) is 26.8. The van der Waals surface area contributed by atoms with Crippen molar-refractivity contribution in [3.8, 4) is 0 Å². The molecule has 5 rings (SSSR count). The number of fused-ring (bicyclic) bond motifs is 1. The number of aliphatic hydroxyl groups is 1. The Morgan fingerprint density at radius 3 is 2.85 bits per heavy atom. The second-order valence-electron chi connectivity index (χ2n) is 9.50. The third-order valence-electron chi connectivity index (χ3n) is 6.73. The average Bonchev–Trinajstić information content (AvgIpc) is 3.43. The van der Waals surface area contributed by atoms with Crippen LogP contribution in [0.2, 0.25) is 5.15 Å². The van der Waals surface area contributed by atoms with Gasteiger partial charge < -0.3 is 15.2 Å². The first-order valence-corrected chi connectivity index (χ1v) is 14.6. The first-order valence-electron chi connectivity index (χ1n) is 12.0. The third-order valence-corrected chi connectivity index (χ3v) is 8.44. The number of pyridine rings is 1. The number of alkyl halides is 2. The van der Waals surface area contributed by atoms with E-state index in [0.29, 0.717) is 21.7 Å². The first-order chi connectivity index (χ1) is 18.8. The summed E-state index contributed by atoms with van der Waals surface area (Å²) >= 11 is 7.15. The van der Waals surface area contributed by atoms with Gasteiger partial charge in [0.05, 0.1) is 22.2 Å². The number of halogens is 3. The summed E-state index contributed by atoms with van der Waals surface area (Å²) < 4.78 is 67.2. The van der Waals surface area contributed by atoms with Gasteiger partial charge in [-0.15, -0.1) is 11.3 Å². The number of thiophene rings is 1. The Bertz CT molecular complexity index is 1560. The van der Waals surface area contributed by atoms with Crippen LogP contribution in [0, 0.1) is 19.4 Å². The molecule has 4 heterocycles. The van der Waals surface area contributed by atoms with Crippen LogP contribution in [0.1, 0.15) is 55.9 Å². The van der Waals surface area contributed by atoms with E-state index in [1.807, 2.05) is 4.72 Å². The third kappa shape index (κ3) is 6.00. The number of rotatable bonds is 8. The molecule has 0 aromatic carbocycles. The predicted molar refractivity (Wildman–Crippen MR) is 141 cm³/mol. The quantitative estimate of drug-likeness (QED) is 0.168. The normalized spacial score (nSPS) is 24.1. The van der Waals surface area contributed by atoms with E-state index in [-0.39, 0.29) is 40.3 Å². The molecule has 40 heavy (non-hydrogen) atoms. The molecule has 0 spiro atoms. The van der Waals surface area contributed by atoms with Gasteiger partial charge in [-0.3, -0.25) is 9.35 Å². The minimum absolute atomic E-state index is 0.0105. The number of ketones is 1. The molecular weight excluding hydrogens is 592 g/mol. The minimum Gasteiger partial charge on any atom is -0.393 e. The van der Waals surface area contributed by atoms with Crippen LogP contribution < -0.4 is 10.0 Å². The van der Waals surface area contributed by atoms with Crippen molar-refractivity contribution < 1.29 is 36.4 Å². The van der Waals surface area contributed by atoms with E-state index in [1.165, 1.54) is 24.7 Å². The zero-order valence-electron chi connectivity index (χ0n) is 20.7. The van der Waals surface area contributed by atoms with E-state index in [1.54, 1.807) is 13.0 Å². The number of carbonyl (C=O) groups is 1. The molecule has 1 aliphatic heterocycles. The van der Waals surface area contributed by atoms with Crippen LogP contribution in [0.4, 0.5) is 14.6 Å². The summed E-state index contributed by atoms with van der Waals surface area (Å²) in [5.74, 6) is -4.03. The second-order valence-corrected chi connectivity index (χ2v) is 12.3. The Morgan fingerprint density at radius 1 is 1.32 bits per heavy atom. The fourth-order valence-corrected chi connectivity index (χ4v) is 6.37. The largest absolute Gasteiger partial charge is 0.393 e. The summed E-state index contributed by atoms with van der Waals surface area (Å²) in [7, 11) is -4.45. The van der Waals surface area contributed by atoms with E-state index < -0.39 is 46.7 Å². The monoisotopic (exact) mass is 614 g/mol. The molecule has 16 heteroatoms. The molecule has 3 aromatic heterocycles. The van der Waals surface area contributed by atoms with Gasteiger partial charge >= 0.3 is 10.3 Å². The van der Waals surface area contributed by atoms with Crippen molar-refractivity contribution in [3.63, 3.8) is 0 Å². The van der Waals surface area contributed by atoms with Crippen molar-refractivity contribution in [2.24, 2.45) is 5.92 Å². The smallest absolute Gasteiger partial charge is 0.333 e. The lowest BCUT2D eigenvalue weighted by atomic mass is 9.95. The fourth-order valence-electron chi connectivity index (χ4n) is 4.86. The number of aromatic nitrogens is 3. The molecule has 3 aromatic rings. The SMILES string of the molecule is Cc1sc(C(=O)c2cncnc2N[C@H]2C[C@H](O)[C@@H]([CH]NS(=O)(=O)O)C2)cc1[C@H]1OCC(F)(F)c2ccc(Cl)nc21. The lowest BCUT2D eigenvalue weighted by molar-refractivity contribution is -0.117. The van der Waals surface area contributed by atoms with E-state index in [0.717, 1.165) is 17.9 Å². The van der Waals surface area contributed by atoms with Crippen molar-refractivity contribution in [2.75, 3.05) is 11.9 Å². The number of hydrogen-bond acceptors (Lipinski definition) is 10. The highest BCUT2D eigenvalue weighted by atomic mass is 35.5. The topological polar surface area (TPSA) is 164 Å². The van der Waals surface area contributed by atoms with Crippen molar-refractivity contribution in [1.82, 2.24) is 19.7 Å². The standard InChI is InChI=1S/C24H23ClF2N5O6S2/c1-11-14(22-20-16(2-3-19(25)32-20)24(26,27)9-38-22)6-18(39-11)21(34)15-8-28-10-29-23(15)31-13-4-12(17(33)5-13)7-30-40(35,36)37/h2-3,6-8,10,12-13,17,22,30,33H,4-5,9H2,1H3,(H,28,29,31)(H,35,36,37)/t12-,13-,17+,22-/m1/s1. The summed E-state index contributed by atoms with van der Waals surface area (Å²) in [5.41, 5.74) is 0.361. The number of nitrogens with one attached hydrogen (secondary N) is 2. The molecule has 0 saturated heterocycles. The van der Waals surface area contributed by atoms with Gasteiger partial charge in [0.2, 0.25) is 5.78 Å². The molecule has 1 saturated carbocycles. The van der Waals surface area contributed by atoms with Gasteiger partial charge in [0.25, 0.3) is 5.92 Å². The maximum Gasteiger partial charge on any atom is 0.333 e. The maximum atomic E-state index is 14.5. The highest BCUT2D eigenvalue weighted by Crippen LogP contribution is 2.44. The van der Waals surface area contributed by atoms with Gasteiger partial charge in [-0.25, -0.2) is 15.0 Å². The zero-order chi connectivity index (χ0) is 28.8. The number of carbonyl (C=O) groups excluding carboxylic acids is 1. The lowest BCUT2D eigenvalue weighted by Crippen LogP contribution is -2.31. The number of aliphatic hydroxyl groups excluding tert-OH is 1. The van der Waals surface area contributed by atoms with E-state index in [9.17, 15) is 27.1 Å². The highest BCUT2D eigenvalue weighted by molar-refractivity contribution is 7.83. The van der Waals surface area contributed by atoms with Gasteiger partial charge in [0.15, 0.2) is 0 Å². The van der Waals surface area contributed by atoms with E-state index in [2.05, 4.69) is 20.3 Å². The van der Waals surface area contributed by atoms with Crippen LogP contribution in [-0.2, 0) is 21.0 Å². The number of ether oxygens (including phenoxy) is 1. The van der Waals surface area contributed by atoms with Crippen LogP contribution in [0.25, 0.3) is 0 Å². The molecule has 1 radical (unpaired) electrons. The molecule has 213 valence electrons. The molecule has 0 bridgehead atoms. The molecule has 1 aliphatic carbocycles. The molecule has 11 nitrogen and oxygen atoms in total. The molecule has 1 fully saturated rings. The van der Waals surface area contributed by atoms with Crippen molar-refractivity contribution in [3.05, 3.63) is 74.6 Å². The Hall–Kier alpha value is -2.66. The van der Waals surface area contributed by atoms with Crippen molar-refractivity contribution >= 4 is 44.8 Å². The van der Waals surface area contributed by atoms with Crippen LogP contribution in [0.3, 0.4) is 0 Å². The van der Waals surface area contributed by atoms with E-state index >= 15 is 0 Å². The van der Waals surface area contributed by atoms with Gasteiger partial charge in [0.1, 0.15) is 30.0 Å². The van der Waals surface area contributed by atoms with Crippen molar-refractivity contribution in [1.29, 1.82) is 0 Å². The number of anilines is 1. The summed E-state index contributed by atoms with van der Waals surface area (Å²) in [6.45, 7) is 2.00. The van der Waals surface area contributed by atoms with Crippen LogP contribution in [0.15, 0.2) is 30.7 Å². The fraction of sp³-hybridized carbons (Fsp3) is 0.375. The number of nitrogens with zero attached hydrogens (tertiary/aromatic N) is 3. The second kappa shape index (κ2) is 11.0. The summed E-state index contributed by atoms with van der Waals surface area (Å²) in [5, 5.41) is 13.5. The van der Waals surface area contributed by atoms with Crippen LogP contribution >= 0.6 is 22.9 Å². The highest BCUT2D eigenvalue weighted by Gasteiger charge is 2.44. The van der Waals surface area contributed by atoms with Gasteiger partial charge in [-0.05, 0) is 38.0 Å². The summed E-state index contributed by atoms with van der Waals surface area (Å²) in [6, 6.07) is 3.73. The van der Waals surface area contributed by atoms with Gasteiger partial charge in [-0.1, -0.05) is 11.6 Å². The Kier molecular flexibility index (Phi) is 7.91. The molecule has 0 unspecified atom stereocenters. The molecular formula is C24H23ClF2N5O6S2. The molecule has 4 atom stereocenters. The predicted octanol–water partition coefficient (Wildman–Crippen LogP) is 3.44. The van der Waals surface area contributed by atoms with E-state index in [4.69, 9.17) is 20.9 Å². The average molecular weight is 615 g/mol. The van der Waals surface area contributed by atoms with Gasteiger partial charge in [0, 0.05) is 40.7 Å². The number of aryl methyl sites for hydroxylation is 1. The minimum atomic E-state index is -4.45. The number of hydrogen-bond donors (Lipinski definition) is 4. The Labute approximate surface area is 236 Å². The van der Waals surface area contributed by atoms with Crippen LogP contribution in [-0.4, -0.2) is 57.6 Å². The molecule has 4 N–H and O–H groups in total. The Balaban J connectivity index is 1.37.